The minimum Gasteiger partial charge on any atom is -0.464 e. The van der Waals surface area contributed by atoms with E-state index in [1.54, 1.807) is 11.9 Å². The quantitative estimate of drug-likeness (QED) is 0.108. The number of amides is 4. The number of aryl methyl sites for hydroxylation is 1. The molecule has 0 radical (unpaired) electrons. The summed E-state index contributed by atoms with van der Waals surface area (Å²) in [5.41, 5.74) is 9.56. The SMILES string of the molecule is C=CC(=O)N1CCC(C(=O)N(C)[C@H](C(=O)N[C@H]2Cc3cccc(c3)-c3ccc4c(c3)c(c(-c3ccc[nH]c3=S)n4CC)CC(C)(C)COC(=O)[C@@H]3CCCN(N3)C2=O)C(C)C)C1. The molecule has 1 unspecified atom stereocenters. The van der Waals surface area contributed by atoms with Gasteiger partial charge in [-0.05, 0) is 91.1 Å². The second kappa shape index (κ2) is 18.4. The maximum absolute atomic E-state index is 14.6. The Balaban J connectivity index is 1.27. The van der Waals surface area contributed by atoms with Crippen molar-refractivity contribution in [3.63, 3.8) is 0 Å². The molecule has 62 heavy (non-hydrogen) atoms. The number of hydrogen-bond donors (Lipinski definition) is 3. The Kier molecular flexibility index (Phi) is 13.2. The molecule has 0 spiro atoms. The second-order valence-corrected chi connectivity index (χ2v) is 18.5. The van der Waals surface area contributed by atoms with E-state index < -0.39 is 47.2 Å². The van der Waals surface area contributed by atoms with E-state index in [0.29, 0.717) is 50.0 Å². The molecule has 0 saturated carbocycles. The van der Waals surface area contributed by atoms with Crippen molar-refractivity contribution in [2.75, 3.05) is 33.3 Å². The summed E-state index contributed by atoms with van der Waals surface area (Å²) in [4.78, 5) is 75.3. The van der Waals surface area contributed by atoms with E-state index >= 15 is 0 Å². The first kappa shape index (κ1) is 44.5. The molecule has 2 aromatic carbocycles. The van der Waals surface area contributed by atoms with Gasteiger partial charge in [-0.1, -0.05) is 76.8 Å². The van der Waals surface area contributed by atoms with Gasteiger partial charge in [0.25, 0.3) is 5.91 Å². The summed E-state index contributed by atoms with van der Waals surface area (Å²) < 4.78 is 9.01. The molecular formula is C48H59N7O6S. The highest BCUT2D eigenvalue weighted by Crippen LogP contribution is 2.40. The number of likely N-dealkylation sites (N-methyl/N-ethyl adjacent to an activating group) is 1. The van der Waals surface area contributed by atoms with Gasteiger partial charge in [-0.2, -0.15) is 0 Å². The van der Waals surface area contributed by atoms with Crippen molar-refractivity contribution in [2.24, 2.45) is 17.3 Å². The van der Waals surface area contributed by atoms with Crippen molar-refractivity contribution in [3.8, 4) is 22.4 Å². The second-order valence-electron chi connectivity index (χ2n) is 18.1. The smallest absolute Gasteiger partial charge is 0.324 e. The van der Waals surface area contributed by atoms with Crippen LogP contribution in [0.15, 0.2) is 73.4 Å². The number of rotatable bonds is 8. The first-order valence-electron chi connectivity index (χ1n) is 21.8. The highest BCUT2D eigenvalue weighted by Gasteiger charge is 2.40. The number of carbonyl (C=O) groups is 5. The maximum atomic E-state index is 14.6. The van der Waals surface area contributed by atoms with E-state index in [1.165, 1.54) is 16.0 Å². The number of aromatic amines is 1. The number of carbonyl (C=O) groups excluding carboxylic acids is 5. The van der Waals surface area contributed by atoms with Crippen LogP contribution in [0.25, 0.3) is 33.3 Å². The lowest BCUT2D eigenvalue weighted by molar-refractivity contribution is -0.155. The Morgan fingerprint density at radius 1 is 1.06 bits per heavy atom. The van der Waals surface area contributed by atoms with Crippen molar-refractivity contribution in [1.29, 1.82) is 0 Å². The molecule has 3 aliphatic heterocycles. The van der Waals surface area contributed by atoms with Gasteiger partial charge in [0.2, 0.25) is 17.7 Å². The molecule has 2 aromatic heterocycles. The fraction of sp³-hybridized carbons (Fsp3) is 0.458. The molecule has 3 aliphatic rings. The molecule has 6 bridgehead atoms. The van der Waals surface area contributed by atoms with Gasteiger partial charge < -0.3 is 29.4 Å². The normalized spacial score (nSPS) is 21.0. The third kappa shape index (κ3) is 9.12. The minimum absolute atomic E-state index is 0.143. The predicted octanol–water partition coefficient (Wildman–Crippen LogP) is 6.22. The zero-order valence-corrected chi connectivity index (χ0v) is 37.5. The summed E-state index contributed by atoms with van der Waals surface area (Å²) in [6, 6.07) is 15.8. The standard InChI is InChI=1S/C48H59N7O6S/c1-8-40(56)53-22-19-33(27-53)45(58)52(7)41(29(3)4)43(57)50-38-24-30-13-10-14-31(23-30)32-17-18-39-35(25-32)36(42(54(39)9-2)34-15-11-20-49-44(34)62)26-48(5,6)28-61-47(60)37-16-12-21-55(51-37)46(38)59/h8,10-11,13-15,17-18,20,23,25,29,33,37-38,41,51H,1,9,12,16,19,21-22,24,26-28H2,2-7H3,(H,49,62)(H,50,57)/t33?,37-,38-,41-/m0/s1. The number of pyridine rings is 1. The Morgan fingerprint density at radius 3 is 2.56 bits per heavy atom. The van der Waals surface area contributed by atoms with Crippen LogP contribution in [-0.2, 0) is 48.1 Å². The number of hydrazine groups is 1. The summed E-state index contributed by atoms with van der Waals surface area (Å²) >= 11 is 5.85. The number of benzene rings is 2. The van der Waals surface area contributed by atoms with E-state index in [1.807, 2.05) is 50.4 Å². The Bertz CT molecular complexity index is 2450. The third-order valence-electron chi connectivity index (χ3n) is 12.6. The highest BCUT2D eigenvalue weighted by molar-refractivity contribution is 7.71. The fourth-order valence-electron chi connectivity index (χ4n) is 9.44. The van der Waals surface area contributed by atoms with Crippen LogP contribution in [0, 0.1) is 21.9 Å². The number of nitrogens with one attached hydrogen (secondary N) is 3. The number of esters is 1. The van der Waals surface area contributed by atoms with Gasteiger partial charge in [-0.25, -0.2) is 5.43 Å². The van der Waals surface area contributed by atoms with Crippen molar-refractivity contribution in [2.45, 2.75) is 91.4 Å². The van der Waals surface area contributed by atoms with Gasteiger partial charge in [0.15, 0.2) is 0 Å². The van der Waals surface area contributed by atoms with E-state index in [4.69, 9.17) is 17.0 Å². The Labute approximate surface area is 368 Å². The topological polar surface area (TPSA) is 149 Å². The number of ether oxygens (including phenoxy) is 1. The number of nitrogens with zero attached hydrogens (tertiary/aromatic N) is 4. The van der Waals surface area contributed by atoms with Crippen LogP contribution >= 0.6 is 12.2 Å². The van der Waals surface area contributed by atoms with Crippen LogP contribution in [0.5, 0.6) is 0 Å². The third-order valence-corrected chi connectivity index (χ3v) is 12.9. The van der Waals surface area contributed by atoms with Crippen LogP contribution in [0.4, 0.5) is 0 Å². The van der Waals surface area contributed by atoms with Crippen LogP contribution in [0.1, 0.15) is 65.0 Å². The summed E-state index contributed by atoms with van der Waals surface area (Å²) in [5.74, 6) is -2.54. The summed E-state index contributed by atoms with van der Waals surface area (Å²) in [7, 11) is 1.61. The van der Waals surface area contributed by atoms with Gasteiger partial charge in [0.1, 0.15) is 22.8 Å². The number of hydrogen-bond acceptors (Lipinski definition) is 8. The van der Waals surface area contributed by atoms with E-state index in [2.05, 4.69) is 71.9 Å². The average Bonchev–Trinajstić information content (AvgIpc) is 3.87. The van der Waals surface area contributed by atoms with Gasteiger partial charge in [0, 0.05) is 67.7 Å². The number of fused-ring (bicyclic) bond motifs is 6. The van der Waals surface area contributed by atoms with Crippen molar-refractivity contribution >= 4 is 52.7 Å². The van der Waals surface area contributed by atoms with Gasteiger partial charge in [-0.15, -0.1) is 0 Å². The molecule has 3 N–H and O–H groups in total. The van der Waals surface area contributed by atoms with Gasteiger partial charge >= 0.3 is 5.97 Å². The van der Waals surface area contributed by atoms with Crippen LogP contribution in [0.3, 0.4) is 0 Å². The maximum Gasteiger partial charge on any atom is 0.324 e. The zero-order chi connectivity index (χ0) is 44.5. The van der Waals surface area contributed by atoms with Crippen LogP contribution in [-0.4, -0.2) is 105 Å². The Hall–Kier alpha value is -5.60. The summed E-state index contributed by atoms with van der Waals surface area (Å²) in [5, 5.41) is 5.56. The molecule has 2 saturated heterocycles. The van der Waals surface area contributed by atoms with Crippen molar-refractivity contribution in [3.05, 3.63) is 89.2 Å². The molecule has 7 rings (SSSR count). The van der Waals surface area contributed by atoms with Gasteiger partial charge in [-0.3, -0.25) is 29.0 Å². The summed E-state index contributed by atoms with van der Waals surface area (Å²) in [6.07, 6.45) is 5.34. The lowest BCUT2D eigenvalue weighted by atomic mass is 9.84. The molecule has 5 heterocycles. The molecule has 4 aromatic rings. The molecule has 4 atom stereocenters. The zero-order valence-electron chi connectivity index (χ0n) is 36.7. The van der Waals surface area contributed by atoms with Crippen LogP contribution < -0.4 is 10.7 Å². The fourth-order valence-corrected chi connectivity index (χ4v) is 9.67. The van der Waals surface area contributed by atoms with Crippen molar-refractivity contribution < 1.29 is 28.7 Å². The number of cyclic esters (lactones) is 1. The molecule has 2 fully saturated rings. The molecule has 14 heteroatoms. The monoisotopic (exact) mass is 861 g/mol. The minimum atomic E-state index is -1.04. The lowest BCUT2D eigenvalue weighted by Crippen LogP contribution is -2.62. The number of likely N-dealkylation sites (tertiary alicyclic amines) is 1. The van der Waals surface area contributed by atoms with E-state index in [0.717, 1.165) is 44.4 Å². The predicted molar refractivity (Wildman–Crippen MR) is 242 cm³/mol. The van der Waals surface area contributed by atoms with E-state index in [-0.39, 0.29) is 37.3 Å². The van der Waals surface area contributed by atoms with Gasteiger partial charge in [0.05, 0.1) is 18.2 Å². The first-order valence-corrected chi connectivity index (χ1v) is 22.2. The molecular weight excluding hydrogens is 803 g/mol. The average molecular weight is 862 g/mol. The van der Waals surface area contributed by atoms with Crippen molar-refractivity contribution in [1.82, 2.24) is 35.1 Å². The highest BCUT2D eigenvalue weighted by atomic mass is 32.1. The number of H-pyrrole nitrogens is 1. The summed E-state index contributed by atoms with van der Waals surface area (Å²) in [6.45, 7) is 15.5. The lowest BCUT2D eigenvalue weighted by Gasteiger charge is -2.37. The van der Waals surface area contributed by atoms with E-state index in [9.17, 15) is 24.0 Å². The molecule has 0 aliphatic carbocycles. The molecule has 328 valence electrons. The van der Waals surface area contributed by atoms with Crippen LogP contribution in [0.2, 0.25) is 0 Å². The molecule has 13 nitrogen and oxygen atoms in total. The largest absolute Gasteiger partial charge is 0.464 e. The first-order chi connectivity index (χ1) is 29.6. The Morgan fingerprint density at radius 2 is 1.84 bits per heavy atom. The molecule has 4 amide bonds. The number of aromatic nitrogens is 2.